The topological polar surface area (TPSA) is 17.1 Å². The molecule has 0 amide bonds. The van der Waals surface area contributed by atoms with E-state index < -0.39 is 0 Å². The van der Waals surface area contributed by atoms with Gasteiger partial charge >= 0.3 is 0 Å². The van der Waals surface area contributed by atoms with Crippen LogP contribution in [0.3, 0.4) is 0 Å². The zero-order valence-corrected chi connectivity index (χ0v) is 13.7. The van der Waals surface area contributed by atoms with Gasteiger partial charge in [0.15, 0.2) is 5.78 Å². The fraction of sp³-hybridized carbons (Fsp3) is 0.350. The molecule has 0 atom stereocenters. The van der Waals surface area contributed by atoms with Gasteiger partial charge in [-0.3, -0.25) is 4.79 Å². The molecule has 0 heterocycles. The summed E-state index contributed by atoms with van der Waals surface area (Å²) >= 11 is 0. The second-order valence-electron chi connectivity index (χ2n) is 5.91. The number of Topliss-reactive ketones (excluding diaryl/α,β-unsaturated/α-hetero) is 1. The van der Waals surface area contributed by atoms with Gasteiger partial charge in [0.2, 0.25) is 0 Å². The van der Waals surface area contributed by atoms with Crippen LogP contribution in [0.15, 0.2) is 30.3 Å². The highest BCUT2D eigenvalue weighted by molar-refractivity contribution is 5.99. The SMILES string of the molecule is Cc1c(C)c(C)c(C(=O)CCc2ccccc2)c(C)c1C. The Hall–Kier alpha value is -1.89. The molecule has 0 saturated carbocycles. The summed E-state index contributed by atoms with van der Waals surface area (Å²) in [5.74, 6) is 0.264. The second kappa shape index (κ2) is 6.26. The quantitative estimate of drug-likeness (QED) is 0.717. The Kier molecular flexibility index (Phi) is 4.62. The largest absolute Gasteiger partial charge is 0.294 e. The third-order valence-corrected chi connectivity index (χ3v) is 4.76. The molecule has 0 aliphatic rings. The van der Waals surface area contributed by atoms with Crippen molar-refractivity contribution in [2.75, 3.05) is 0 Å². The summed E-state index contributed by atoms with van der Waals surface area (Å²) in [6, 6.07) is 10.2. The first-order chi connectivity index (χ1) is 9.93. The van der Waals surface area contributed by atoms with Crippen molar-refractivity contribution in [3.63, 3.8) is 0 Å². The van der Waals surface area contributed by atoms with Crippen LogP contribution < -0.4 is 0 Å². The normalized spacial score (nSPS) is 10.7. The van der Waals surface area contributed by atoms with Crippen LogP contribution in [0.2, 0.25) is 0 Å². The van der Waals surface area contributed by atoms with Crippen LogP contribution in [-0.2, 0) is 6.42 Å². The van der Waals surface area contributed by atoms with Crippen LogP contribution in [-0.4, -0.2) is 5.78 Å². The third-order valence-electron chi connectivity index (χ3n) is 4.76. The molecule has 0 fully saturated rings. The first kappa shape index (κ1) is 15.5. The molecule has 2 rings (SSSR count). The van der Waals surface area contributed by atoms with Gasteiger partial charge in [0.05, 0.1) is 0 Å². The molecule has 0 unspecified atom stereocenters. The molecule has 0 N–H and O–H groups in total. The zero-order valence-electron chi connectivity index (χ0n) is 13.7. The van der Waals surface area contributed by atoms with E-state index in [4.69, 9.17) is 0 Å². The van der Waals surface area contributed by atoms with Crippen molar-refractivity contribution < 1.29 is 4.79 Å². The van der Waals surface area contributed by atoms with Gasteiger partial charge in [-0.2, -0.15) is 0 Å². The van der Waals surface area contributed by atoms with Crippen LogP contribution in [0, 0.1) is 34.6 Å². The van der Waals surface area contributed by atoms with Gasteiger partial charge in [0.1, 0.15) is 0 Å². The molecule has 0 bridgehead atoms. The van der Waals surface area contributed by atoms with Crippen LogP contribution >= 0.6 is 0 Å². The number of aryl methyl sites for hydroxylation is 1. The molecule has 0 aliphatic carbocycles. The minimum atomic E-state index is 0.264. The van der Waals surface area contributed by atoms with Crippen LogP contribution in [0.5, 0.6) is 0 Å². The molecule has 1 nitrogen and oxygen atoms in total. The van der Waals surface area contributed by atoms with E-state index in [1.807, 2.05) is 18.2 Å². The van der Waals surface area contributed by atoms with Gasteiger partial charge in [-0.1, -0.05) is 30.3 Å². The molecule has 2 aromatic carbocycles. The van der Waals surface area contributed by atoms with Gasteiger partial charge in [-0.15, -0.1) is 0 Å². The Labute approximate surface area is 128 Å². The summed E-state index contributed by atoms with van der Waals surface area (Å²) in [6.07, 6.45) is 1.39. The molecular weight excluding hydrogens is 256 g/mol. The summed E-state index contributed by atoms with van der Waals surface area (Å²) in [5.41, 5.74) is 8.27. The molecule has 0 aliphatic heterocycles. The average molecular weight is 280 g/mol. The Morgan fingerprint density at radius 2 is 1.24 bits per heavy atom. The van der Waals surface area contributed by atoms with E-state index in [0.717, 1.165) is 23.1 Å². The van der Waals surface area contributed by atoms with Crippen LogP contribution in [0.25, 0.3) is 0 Å². The number of rotatable bonds is 4. The monoisotopic (exact) mass is 280 g/mol. The number of carbonyl (C=O) groups is 1. The number of hydrogen-bond donors (Lipinski definition) is 0. The molecule has 21 heavy (non-hydrogen) atoms. The van der Waals surface area contributed by atoms with E-state index in [-0.39, 0.29) is 5.78 Å². The Morgan fingerprint density at radius 1 is 0.762 bits per heavy atom. The van der Waals surface area contributed by atoms with Gasteiger partial charge < -0.3 is 0 Å². The lowest BCUT2D eigenvalue weighted by Crippen LogP contribution is -2.10. The summed E-state index contributed by atoms with van der Waals surface area (Å²) in [4.78, 5) is 12.7. The molecule has 110 valence electrons. The molecule has 0 spiro atoms. The number of benzene rings is 2. The Morgan fingerprint density at radius 3 is 1.76 bits per heavy atom. The fourth-order valence-electron chi connectivity index (χ4n) is 2.95. The summed E-state index contributed by atoms with van der Waals surface area (Å²) in [6.45, 7) is 10.5. The van der Waals surface area contributed by atoms with Gasteiger partial charge in [0.25, 0.3) is 0 Å². The minimum Gasteiger partial charge on any atom is -0.294 e. The van der Waals surface area contributed by atoms with Crippen molar-refractivity contribution in [1.82, 2.24) is 0 Å². The third kappa shape index (κ3) is 3.07. The highest BCUT2D eigenvalue weighted by Crippen LogP contribution is 2.27. The maximum atomic E-state index is 12.7. The molecule has 1 heteroatoms. The predicted octanol–water partition coefficient (Wildman–Crippen LogP) is 5.04. The minimum absolute atomic E-state index is 0.264. The van der Waals surface area contributed by atoms with Crippen molar-refractivity contribution in [1.29, 1.82) is 0 Å². The second-order valence-corrected chi connectivity index (χ2v) is 5.91. The molecule has 0 saturated heterocycles. The van der Waals surface area contributed by atoms with Gasteiger partial charge in [-0.05, 0) is 74.4 Å². The molecular formula is C20H24O. The van der Waals surface area contributed by atoms with E-state index >= 15 is 0 Å². The van der Waals surface area contributed by atoms with E-state index in [1.54, 1.807) is 0 Å². The smallest absolute Gasteiger partial charge is 0.163 e. The molecule has 0 radical (unpaired) electrons. The summed E-state index contributed by atoms with van der Waals surface area (Å²) in [7, 11) is 0. The number of hydrogen-bond acceptors (Lipinski definition) is 1. The standard InChI is InChI=1S/C20H24O/c1-13-14(2)16(4)20(17(5)15(13)3)19(21)12-11-18-9-7-6-8-10-18/h6-10H,11-12H2,1-5H3. The molecule has 2 aromatic rings. The zero-order chi connectivity index (χ0) is 15.6. The molecule has 0 aromatic heterocycles. The Bertz CT molecular complexity index is 637. The van der Waals surface area contributed by atoms with Crippen molar-refractivity contribution in [3.05, 3.63) is 69.3 Å². The number of ketones is 1. The lowest BCUT2D eigenvalue weighted by Gasteiger charge is -2.17. The van der Waals surface area contributed by atoms with Crippen molar-refractivity contribution in [2.24, 2.45) is 0 Å². The van der Waals surface area contributed by atoms with E-state index in [2.05, 4.69) is 46.8 Å². The van der Waals surface area contributed by atoms with Crippen molar-refractivity contribution in [3.8, 4) is 0 Å². The van der Waals surface area contributed by atoms with Crippen LogP contribution in [0.1, 0.15) is 50.2 Å². The lowest BCUT2D eigenvalue weighted by molar-refractivity contribution is 0.0981. The predicted molar refractivity (Wildman–Crippen MR) is 89.2 cm³/mol. The van der Waals surface area contributed by atoms with E-state index in [0.29, 0.717) is 6.42 Å². The number of carbonyl (C=O) groups excluding carboxylic acids is 1. The van der Waals surface area contributed by atoms with Gasteiger partial charge in [0, 0.05) is 12.0 Å². The highest BCUT2D eigenvalue weighted by atomic mass is 16.1. The Balaban J connectivity index is 2.28. The maximum absolute atomic E-state index is 12.7. The maximum Gasteiger partial charge on any atom is 0.163 e. The summed E-state index contributed by atoms with van der Waals surface area (Å²) in [5, 5.41) is 0. The van der Waals surface area contributed by atoms with E-state index in [9.17, 15) is 4.79 Å². The first-order valence-corrected chi connectivity index (χ1v) is 7.57. The van der Waals surface area contributed by atoms with E-state index in [1.165, 1.54) is 22.3 Å². The van der Waals surface area contributed by atoms with Crippen molar-refractivity contribution >= 4 is 5.78 Å². The average Bonchev–Trinajstić information content (AvgIpc) is 2.50. The fourth-order valence-corrected chi connectivity index (χ4v) is 2.95. The van der Waals surface area contributed by atoms with Crippen LogP contribution in [0.4, 0.5) is 0 Å². The highest BCUT2D eigenvalue weighted by Gasteiger charge is 2.17. The first-order valence-electron chi connectivity index (χ1n) is 7.57. The van der Waals surface area contributed by atoms with Crippen molar-refractivity contribution in [2.45, 2.75) is 47.5 Å². The lowest BCUT2D eigenvalue weighted by atomic mass is 9.86. The van der Waals surface area contributed by atoms with Gasteiger partial charge in [-0.25, -0.2) is 0 Å². The summed E-state index contributed by atoms with van der Waals surface area (Å²) < 4.78 is 0.